The number of aromatic nitrogens is 1. The van der Waals surface area contributed by atoms with Crippen LogP contribution in [-0.2, 0) is 6.54 Å². The van der Waals surface area contributed by atoms with Crippen molar-refractivity contribution >= 4 is 5.78 Å². The van der Waals surface area contributed by atoms with Crippen LogP contribution in [0, 0.1) is 5.92 Å². The van der Waals surface area contributed by atoms with Gasteiger partial charge in [-0.1, -0.05) is 20.3 Å². The van der Waals surface area contributed by atoms with E-state index >= 15 is 0 Å². The van der Waals surface area contributed by atoms with Gasteiger partial charge in [0.2, 0.25) is 0 Å². The van der Waals surface area contributed by atoms with Crippen molar-refractivity contribution in [1.82, 2.24) is 4.98 Å². The average Bonchev–Trinajstić information content (AvgIpc) is 2.28. The molecule has 1 rings (SSSR count). The number of carbonyl (C=O) groups is 1. The minimum absolute atomic E-state index is 0.182. The summed E-state index contributed by atoms with van der Waals surface area (Å²) in [6, 6.07) is 3.54. The van der Waals surface area contributed by atoms with Crippen LogP contribution < -0.4 is 5.73 Å². The van der Waals surface area contributed by atoms with E-state index in [0.717, 1.165) is 17.7 Å². The van der Waals surface area contributed by atoms with Gasteiger partial charge in [0, 0.05) is 24.7 Å². The van der Waals surface area contributed by atoms with Crippen molar-refractivity contribution in [2.75, 3.05) is 0 Å². The second-order valence-electron chi connectivity index (χ2n) is 3.88. The van der Waals surface area contributed by atoms with Crippen LogP contribution in [0.2, 0.25) is 0 Å². The number of hydrogen-bond donors (Lipinski definition) is 1. The predicted octanol–water partition coefficient (Wildman–Crippen LogP) is 2.16. The molecule has 15 heavy (non-hydrogen) atoms. The fraction of sp³-hybridized carbons (Fsp3) is 0.500. The molecule has 1 aromatic heterocycles. The largest absolute Gasteiger partial charge is 0.325 e. The topological polar surface area (TPSA) is 56.0 Å². The molecule has 1 heterocycles. The average molecular weight is 206 g/mol. The molecule has 1 atom stereocenters. The molecule has 0 radical (unpaired) electrons. The highest BCUT2D eigenvalue weighted by Gasteiger charge is 2.10. The maximum atomic E-state index is 11.8. The zero-order chi connectivity index (χ0) is 11.3. The van der Waals surface area contributed by atoms with Crippen LogP contribution in [0.3, 0.4) is 0 Å². The first-order valence-corrected chi connectivity index (χ1v) is 5.35. The van der Waals surface area contributed by atoms with E-state index in [1.165, 1.54) is 0 Å². The fourth-order valence-electron chi connectivity index (χ4n) is 1.34. The van der Waals surface area contributed by atoms with Crippen molar-refractivity contribution in [3.05, 3.63) is 29.6 Å². The van der Waals surface area contributed by atoms with Gasteiger partial charge in [-0.15, -0.1) is 0 Å². The lowest BCUT2D eigenvalue weighted by Crippen LogP contribution is -2.07. The Kier molecular flexibility index (Phi) is 4.43. The Hall–Kier alpha value is -1.22. The van der Waals surface area contributed by atoms with Gasteiger partial charge in [0.25, 0.3) is 0 Å². The predicted molar refractivity (Wildman–Crippen MR) is 60.5 cm³/mol. The minimum Gasteiger partial charge on any atom is -0.325 e. The SMILES string of the molecule is CCC(C)CC(=O)c1ccnc(CN)c1. The summed E-state index contributed by atoms with van der Waals surface area (Å²) in [4.78, 5) is 15.9. The van der Waals surface area contributed by atoms with Crippen LogP contribution in [0.4, 0.5) is 0 Å². The minimum atomic E-state index is 0.182. The lowest BCUT2D eigenvalue weighted by molar-refractivity contribution is 0.0963. The molecule has 0 aromatic carbocycles. The molecule has 0 amide bonds. The van der Waals surface area contributed by atoms with Crippen molar-refractivity contribution in [3.63, 3.8) is 0 Å². The van der Waals surface area contributed by atoms with Gasteiger partial charge in [0.05, 0.1) is 5.69 Å². The summed E-state index contributed by atoms with van der Waals surface area (Å²) in [5, 5.41) is 0. The molecule has 0 aliphatic carbocycles. The lowest BCUT2D eigenvalue weighted by Gasteiger charge is -2.07. The number of nitrogens with zero attached hydrogens (tertiary/aromatic N) is 1. The first kappa shape index (κ1) is 11.9. The zero-order valence-corrected chi connectivity index (χ0v) is 9.36. The molecule has 3 nitrogen and oxygen atoms in total. The van der Waals surface area contributed by atoms with E-state index in [1.54, 1.807) is 18.3 Å². The first-order chi connectivity index (χ1) is 7.17. The van der Waals surface area contributed by atoms with E-state index in [2.05, 4.69) is 18.8 Å². The molecule has 1 aromatic rings. The number of ketones is 1. The van der Waals surface area contributed by atoms with Crippen LogP contribution in [0.5, 0.6) is 0 Å². The molecule has 0 saturated carbocycles. The Labute approximate surface area is 90.7 Å². The number of hydrogen-bond acceptors (Lipinski definition) is 3. The molecular formula is C12H18N2O. The Balaban J connectivity index is 2.73. The summed E-state index contributed by atoms with van der Waals surface area (Å²) in [6.07, 6.45) is 3.27. The highest BCUT2D eigenvalue weighted by atomic mass is 16.1. The van der Waals surface area contributed by atoms with E-state index < -0.39 is 0 Å². The third kappa shape index (κ3) is 3.44. The normalized spacial score (nSPS) is 12.5. The Bertz CT molecular complexity index is 336. The zero-order valence-electron chi connectivity index (χ0n) is 9.36. The maximum absolute atomic E-state index is 11.8. The maximum Gasteiger partial charge on any atom is 0.163 e. The smallest absolute Gasteiger partial charge is 0.163 e. The lowest BCUT2D eigenvalue weighted by atomic mass is 9.98. The van der Waals surface area contributed by atoms with Crippen molar-refractivity contribution < 1.29 is 4.79 Å². The van der Waals surface area contributed by atoms with Gasteiger partial charge in [0.15, 0.2) is 5.78 Å². The Morgan fingerprint density at radius 2 is 2.33 bits per heavy atom. The van der Waals surface area contributed by atoms with Crippen LogP contribution in [0.15, 0.2) is 18.3 Å². The number of carbonyl (C=O) groups excluding carboxylic acids is 1. The third-order valence-electron chi connectivity index (χ3n) is 2.58. The van der Waals surface area contributed by atoms with Crippen LogP contribution in [0.25, 0.3) is 0 Å². The summed E-state index contributed by atoms with van der Waals surface area (Å²) < 4.78 is 0. The monoisotopic (exact) mass is 206 g/mol. The quantitative estimate of drug-likeness (QED) is 0.751. The molecule has 0 spiro atoms. The summed E-state index contributed by atoms with van der Waals surface area (Å²) in [5.74, 6) is 0.619. The summed E-state index contributed by atoms with van der Waals surface area (Å²) in [6.45, 7) is 4.56. The molecule has 0 bridgehead atoms. The van der Waals surface area contributed by atoms with Gasteiger partial charge in [0.1, 0.15) is 0 Å². The molecule has 0 aliphatic heterocycles. The second-order valence-corrected chi connectivity index (χ2v) is 3.88. The number of pyridine rings is 1. The van der Waals surface area contributed by atoms with Gasteiger partial charge in [-0.25, -0.2) is 0 Å². The van der Waals surface area contributed by atoms with Gasteiger partial charge < -0.3 is 5.73 Å². The highest BCUT2D eigenvalue weighted by Crippen LogP contribution is 2.12. The molecule has 0 fully saturated rings. The summed E-state index contributed by atoms with van der Waals surface area (Å²) >= 11 is 0. The van der Waals surface area contributed by atoms with Crippen LogP contribution in [0.1, 0.15) is 42.7 Å². The number of Topliss-reactive ketones (excluding diaryl/α,β-unsaturated/α-hetero) is 1. The first-order valence-electron chi connectivity index (χ1n) is 5.35. The van der Waals surface area contributed by atoms with Crippen molar-refractivity contribution in [2.24, 2.45) is 11.7 Å². The summed E-state index contributed by atoms with van der Waals surface area (Å²) in [5.41, 5.74) is 6.97. The molecule has 1 unspecified atom stereocenters. The molecule has 82 valence electrons. The molecule has 0 aliphatic rings. The Morgan fingerprint density at radius 1 is 1.60 bits per heavy atom. The second kappa shape index (κ2) is 5.61. The van der Waals surface area contributed by atoms with Crippen LogP contribution in [-0.4, -0.2) is 10.8 Å². The molecule has 0 saturated heterocycles. The van der Waals surface area contributed by atoms with Gasteiger partial charge >= 0.3 is 0 Å². The molecule has 2 N–H and O–H groups in total. The number of nitrogens with two attached hydrogens (primary N) is 1. The van der Waals surface area contributed by atoms with Gasteiger partial charge in [-0.05, 0) is 18.1 Å². The standard InChI is InChI=1S/C12H18N2O/c1-3-9(2)6-12(15)10-4-5-14-11(7-10)8-13/h4-5,7,9H,3,6,8,13H2,1-2H3. The van der Waals surface area contributed by atoms with Gasteiger partial charge in [-0.2, -0.15) is 0 Å². The van der Waals surface area contributed by atoms with Crippen molar-refractivity contribution in [3.8, 4) is 0 Å². The highest BCUT2D eigenvalue weighted by molar-refractivity contribution is 5.96. The van der Waals surface area contributed by atoms with E-state index in [0.29, 0.717) is 18.9 Å². The van der Waals surface area contributed by atoms with E-state index in [1.807, 2.05) is 0 Å². The molecular weight excluding hydrogens is 188 g/mol. The summed E-state index contributed by atoms with van der Waals surface area (Å²) in [7, 11) is 0. The van der Waals surface area contributed by atoms with E-state index in [-0.39, 0.29) is 5.78 Å². The Morgan fingerprint density at radius 3 is 2.93 bits per heavy atom. The fourth-order valence-corrected chi connectivity index (χ4v) is 1.34. The van der Waals surface area contributed by atoms with Crippen LogP contribution >= 0.6 is 0 Å². The number of rotatable bonds is 5. The third-order valence-corrected chi connectivity index (χ3v) is 2.58. The molecule has 3 heteroatoms. The van der Waals surface area contributed by atoms with E-state index in [9.17, 15) is 4.79 Å². The van der Waals surface area contributed by atoms with Crippen molar-refractivity contribution in [2.45, 2.75) is 33.2 Å². The van der Waals surface area contributed by atoms with Gasteiger partial charge in [-0.3, -0.25) is 9.78 Å². The van der Waals surface area contributed by atoms with E-state index in [4.69, 9.17) is 5.73 Å². The van der Waals surface area contributed by atoms with Crippen molar-refractivity contribution in [1.29, 1.82) is 0 Å².